The van der Waals surface area contributed by atoms with E-state index >= 15 is 0 Å². The number of carbonyl (C=O) groups is 4. The van der Waals surface area contributed by atoms with Crippen molar-refractivity contribution in [1.29, 1.82) is 0 Å². The van der Waals surface area contributed by atoms with Gasteiger partial charge in [-0.15, -0.1) is 0 Å². The molecule has 0 spiro atoms. The van der Waals surface area contributed by atoms with Crippen LogP contribution in [0.15, 0.2) is 36.5 Å². The van der Waals surface area contributed by atoms with Gasteiger partial charge in [-0.25, -0.2) is 9.78 Å². The molecule has 0 bridgehead atoms. The molecule has 1 aromatic carbocycles. The molecule has 9 nitrogen and oxygen atoms in total. The number of aromatic nitrogens is 1. The normalized spacial score (nSPS) is 9.96. The number of esters is 3. The zero-order valence-corrected chi connectivity index (χ0v) is 15.5. The van der Waals surface area contributed by atoms with E-state index in [0.29, 0.717) is 0 Å². The van der Waals surface area contributed by atoms with Crippen molar-refractivity contribution >= 4 is 29.6 Å². The van der Waals surface area contributed by atoms with Crippen LogP contribution in [0.1, 0.15) is 41.5 Å². The second kappa shape index (κ2) is 9.26. The summed E-state index contributed by atoms with van der Waals surface area (Å²) in [6.07, 6.45) is 1.26. The maximum Gasteiger partial charge on any atom is 0.339 e. The van der Waals surface area contributed by atoms with E-state index in [1.807, 2.05) is 0 Å². The number of benzene rings is 1. The van der Waals surface area contributed by atoms with Gasteiger partial charge >= 0.3 is 17.9 Å². The lowest BCUT2D eigenvalue weighted by Gasteiger charge is -2.11. The molecule has 1 N–H and O–H groups in total. The van der Waals surface area contributed by atoms with Crippen molar-refractivity contribution in [3.05, 3.63) is 47.7 Å². The summed E-state index contributed by atoms with van der Waals surface area (Å²) in [7, 11) is 0. The van der Waals surface area contributed by atoms with Gasteiger partial charge in [-0.2, -0.15) is 0 Å². The highest BCUT2D eigenvalue weighted by molar-refractivity contribution is 6.06. The molecule has 2 rings (SSSR count). The standard InChI is InChI=1S/C19H18N2O7/c1-4-26-19(25)13-5-8-17(20-10-13)21-18(24)15-9-14(27-11(2)22)6-7-16(15)28-12(3)23/h5-10H,4H2,1-3H3,(H,20,21,24). The van der Waals surface area contributed by atoms with Gasteiger partial charge in [0.15, 0.2) is 0 Å². The minimum Gasteiger partial charge on any atom is -0.462 e. The van der Waals surface area contributed by atoms with Gasteiger partial charge in [-0.3, -0.25) is 14.4 Å². The van der Waals surface area contributed by atoms with Crippen LogP contribution < -0.4 is 14.8 Å². The molecule has 0 saturated carbocycles. The van der Waals surface area contributed by atoms with Crippen molar-refractivity contribution in [2.24, 2.45) is 0 Å². The average Bonchev–Trinajstić information content (AvgIpc) is 2.63. The number of pyridine rings is 1. The van der Waals surface area contributed by atoms with Crippen LogP contribution in [0.5, 0.6) is 11.5 Å². The average molecular weight is 386 g/mol. The Balaban J connectivity index is 2.24. The van der Waals surface area contributed by atoms with E-state index in [1.165, 1.54) is 50.4 Å². The van der Waals surface area contributed by atoms with Crippen LogP contribution in [0.2, 0.25) is 0 Å². The summed E-state index contributed by atoms with van der Waals surface area (Å²) < 4.78 is 14.8. The van der Waals surface area contributed by atoms with Crippen molar-refractivity contribution in [3.8, 4) is 11.5 Å². The first kappa shape index (κ1) is 20.6. The number of anilines is 1. The first-order valence-electron chi connectivity index (χ1n) is 8.25. The summed E-state index contributed by atoms with van der Waals surface area (Å²) in [6, 6.07) is 6.87. The Hall–Kier alpha value is -3.75. The molecule has 0 aliphatic rings. The molecule has 0 aliphatic heterocycles. The Kier molecular flexibility index (Phi) is 6.80. The summed E-state index contributed by atoms with van der Waals surface area (Å²) >= 11 is 0. The van der Waals surface area contributed by atoms with Crippen LogP contribution in [0, 0.1) is 0 Å². The molecule has 0 saturated heterocycles. The molecular formula is C19H18N2O7. The van der Waals surface area contributed by atoms with Crippen LogP contribution >= 0.6 is 0 Å². The molecule has 1 heterocycles. The van der Waals surface area contributed by atoms with Gasteiger partial charge in [-0.05, 0) is 37.3 Å². The molecule has 9 heteroatoms. The number of carbonyl (C=O) groups excluding carboxylic acids is 4. The molecular weight excluding hydrogens is 368 g/mol. The Morgan fingerprint density at radius 2 is 1.71 bits per heavy atom. The molecule has 2 aromatic rings. The highest BCUT2D eigenvalue weighted by Crippen LogP contribution is 2.25. The lowest BCUT2D eigenvalue weighted by atomic mass is 10.1. The zero-order valence-electron chi connectivity index (χ0n) is 15.5. The van der Waals surface area contributed by atoms with Crippen LogP contribution in [0.25, 0.3) is 0 Å². The Morgan fingerprint density at radius 3 is 2.29 bits per heavy atom. The number of rotatable bonds is 6. The fraction of sp³-hybridized carbons (Fsp3) is 0.211. The van der Waals surface area contributed by atoms with E-state index in [4.69, 9.17) is 14.2 Å². The lowest BCUT2D eigenvalue weighted by Crippen LogP contribution is -2.16. The molecule has 0 fully saturated rings. The summed E-state index contributed by atoms with van der Waals surface area (Å²) in [5.41, 5.74) is 0.197. The quantitative estimate of drug-likeness (QED) is 0.593. The zero-order chi connectivity index (χ0) is 20.7. The Morgan fingerprint density at radius 1 is 1.00 bits per heavy atom. The number of hydrogen-bond donors (Lipinski definition) is 1. The molecule has 1 aromatic heterocycles. The van der Waals surface area contributed by atoms with Gasteiger partial charge in [0.25, 0.3) is 5.91 Å². The Bertz CT molecular complexity index is 907. The largest absolute Gasteiger partial charge is 0.462 e. The summed E-state index contributed by atoms with van der Waals surface area (Å²) in [5, 5.41) is 2.52. The third-order valence-electron chi connectivity index (χ3n) is 3.23. The van der Waals surface area contributed by atoms with E-state index in [9.17, 15) is 19.2 Å². The first-order chi connectivity index (χ1) is 13.3. The Labute approximate surface area is 160 Å². The van der Waals surface area contributed by atoms with Crippen molar-refractivity contribution in [2.75, 3.05) is 11.9 Å². The fourth-order valence-electron chi connectivity index (χ4n) is 2.15. The molecule has 0 unspecified atom stereocenters. The number of ether oxygens (including phenoxy) is 3. The van der Waals surface area contributed by atoms with E-state index in [1.54, 1.807) is 6.92 Å². The summed E-state index contributed by atoms with van der Waals surface area (Å²) in [6.45, 7) is 4.32. The van der Waals surface area contributed by atoms with Gasteiger partial charge in [0, 0.05) is 20.0 Å². The van der Waals surface area contributed by atoms with Crippen LogP contribution in [0.4, 0.5) is 5.82 Å². The maximum absolute atomic E-state index is 12.6. The second-order valence-corrected chi connectivity index (χ2v) is 5.45. The first-order valence-corrected chi connectivity index (χ1v) is 8.25. The van der Waals surface area contributed by atoms with E-state index in [2.05, 4.69) is 10.3 Å². The van der Waals surface area contributed by atoms with Crippen molar-refractivity contribution in [2.45, 2.75) is 20.8 Å². The minimum atomic E-state index is -0.651. The highest BCUT2D eigenvalue weighted by atomic mass is 16.5. The van der Waals surface area contributed by atoms with Crippen molar-refractivity contribution in [1.82, 2.24) is 4.98 Å². The van der Waals surface area contributed by atoms with Gasteiger partial charge in [-0.1, -0.05) is 0 Å². The number of nitrogens with zero attached hydrogens (tertiary/aromatic N) is 1. The summed E-state index contributed by atoms with van der Waals surface area (Å²) in [4.78, 5) is 50.6. The van der Waals surface area contributed by atoms with Crippen LogP contribution in [-0.2, 0) is 14.3 Å². The number of nitrogens with one attached hydrogen (secondary N) is 1. The fourth-order valence-corrected chi connectivity index (χ4v) is 2.15. The molecule has 0 atom stereocenters. The number of hydrogen-bond acceptors (Lipinski definition) is 8. The van der Waals surface area contributed by atoms with E-state index < -0.39 is 23.8 Å². The molecule has 28 heavy (non-hydrogen) atoms. The molecule has 0 aliphatic carbocycles. The molecule has 0 radical (unpaired) electrons. The summed E-state index contributed by atoms with van der Waals surface area (Å²) in [5.74, 6) is -2.11. The van der Waals surface area contributed by atoms with Crippen LogP contribution in [0.3, 0.4) is 0 Å². The smallest absolute Gasteiger partial charge is 0.339 e. The molecule has 146 valence electrons. The lowest BCUT2D eigenvalue weighted by molar-refractivity contribution is -0.133. The van der Waals surface area contributed by atoms with Crippen molar-refractivity contribution < 1.29 is 33.4 Å². The van der Waals surface area contributed by atoms with Gasteiger partial charge < -0.3 is 19.5 Å². The van der Waals surface area contributed by atoms with Gasteiger partial charge in [0.1, 0.15) is 17.3 Å². The molecule has 1 amide bonds. The highest BCUT2D eigenvalue weighted by Gasteiger charge is 2.17. The van der Waals surface area contributed by atoms with Gasteiger partial charge in [0.05, 0.1) is 17.7 Å². The maximum atomic E-state index is 12.6. The third kappa shape index (κ3) is 5.63. The predicted molar refractivity (Wildman–Crippen MR) is 97.2 cm³/mol. The number of amides is 1. The topological polar surface area (TPSA) is 121 Å². The van der Waals surface area contributed by atoms with E-state index in [-0.39, 0.29) is 35.1 Å². The van der Waals surface area contributed by atoms with Gasteiger partial charge in [0.2, 0.25) is 0 Å². The predicted octanol–water partition coefficient (Wildman–Crippen LogP) is 2.36. The third-order valence-corrected chi connectivity index (χ3v) is 3.23. The van der Waals surface area contributed by atoms with Crippen molar-refractivity contribution in [3.63, 3.8) is 0 Å². The second-order valence-electron chi connectivity index (χ2n) is 5.45. The van der Waals surface area contributed by atoms with E-state index in [0.717, 1.165) is 0 Å². The minimum absolute atomic E-state index is 0.0101. The van der Waals surface area contributed by atoms with Crippen LogP contribution in [-0.4, -0.2) is 35.4 Å². The SMILES string of the molecule is CCOC(=O)c1ccc(NC(=O)c2cc(OC(C)=O)ccc2OC(C)=O)nc1. The monoisotopic (exact) mass is 386 g/mol.